The quantitative estimate of drug-likeness (QED) is 0.531. The fraction of sp³-hybridized carbons (Fsp3) is 0.435. The predicted octanol–water partition coefficient (Wildman–Crippen LogP) is 4.33. The fourth-order valence-corrected chi connectivity index (χ4v) is 4.78. The van der Waals surface area contributed by atoms with Crippen LogP contribution in [0.4, 0.5) is 0 Å². The van der Waals surface area contributed by atoms with Crippen LogP contribution in [-0.2, 0) is 11.3 Å². The number of fused-ring (bicyclic) bond motifs is 1. The van der Waals surface area contributed by atoms with E-state index in [2.05, 4.69) is 18.7 Å². The number of amides is 1. The molecule has 0 unspecified atom stereocenters. The maximum absolute atomic E-state index is 12.7. The van der Waals surface area contributed by atoms with Crippen LogP contribution < -0.4 is 0 Å². The number of piperidine rings is 1. The molecule has 1 saturated heterocycles. The van der Waals surface area contributed by atoms with Crippen molar-refractivity contribution < 1.29 is 4.79 Å². The number of likely N-dealkylation sites (tertiary alicyclic amines) is 1. The molecule has 1 fully saturated rings. The summed E-state index contributed by atoms with van der Waals surface area (Å²) < 4.78 is 1.89. The lowest BCUT2D eigenvalue weighted by atomic mass is 10.1. The lowest BCUT2D eigenvalue weighted by Crippen LogP contribution is -2.34. The van der Waals surface area contributed by atoms with Crippen molar-refractivity contribution in [1.82, 2.24) is 24.4 Å². The molecule has 1 aliphatic rings. The number of carbonyl (C=O) groups excluding carboxylic acids is 1. The maximum Gasteiger partial charge on any atom is 0.246 e. The summed E-state index contributed by atoms with van der Waals surface area (Å²) in [5, 5.41) is 5.88. The monoisotopic (exact) mass is 423 g/mol. The number of carbonyl (C=O) groups is 1. The van der Waals surface area contributed by atoms with Gasteiger partial charge in [-0.15, -0.1) is 0 Å². The van der Waals surface area contributed by atoms with Crippen LogP contribution >= 0.6 is 11.3 Å². The van der Waals surface area contributed by atoms with Crippen LogP contribution in [0.1, 0.15) is 43.8 Å². The van der Waals surface area contributed by atoms with Crippen molar-refractivity contribution in [3.63, 3.8) is 0 Å². The molecule has 0 radical (unpaired) electrons. The second kappa shape index (κ2) is 9.53. The Balaban J connectivity index is 1.69. The largest absolute Gasteiger partial charge is 0.339 e. The normalized spacial score (nSPS) is 15.0. The molecule has 0 aliphatic carbocycles. The predicted molar refractivity (Wildman–Crippen MR) is 122 cm³/mol. The van der Waals surface area contributed by atoms with Crippen molar-refractivity contribution in [3.05, 3.63) is 47.1 Å². The van der Waals surface area contributed by atoms with Crippen LogP contribution in [0.3, 0.4) is 0 Å². The topological polar surface area (TPSA) is 53.7 Å². The third-order valence-corrected chi connectivity index (χ3v) is 6.53. The third kappa shape index (κ3) is 4.47. The number of imidazole rings is 1. The minimum atomic E-state index is 0.0715. The van der Waals surface area contributed by atoms with Gasteiger partial charge < -0.3 is 4.90 Å². The molecule has 1 aromatic carbocycles. The van der Waals surface area contributed by atoms with Gasteiger partial charge in [0.25, 0.3) is 0 Å². The van der Waals surface area contributed by atoms with Crippen molar-refractivity contribution in [2.45, 2.75) is 39.7 Å². The zero-order chi connectivity index (χ0) is 20.9. The molecule has 0 spiro atoms. The standard InChI is InChI=1S/C23H29N5OS/c1-3-26(4-2)17-20-25-28-19(13-14-21(29)27-15-9-6-10-16-27)22(24-23(28)30-20)18-11-7-5-8-12-18/h5,7-8,11-14H,3-4,6,9-10,15-17H2,1-2H3/b14-13+. The van der Waals surface area contributed by atoms with E-state index in [4.69, 9.17) is 10.1 Å². The van der Waals surface area contributed by atoms with Gasteiger partial charge in [0.15, 0.2) is 0 Å². The zero-order valence-corrected chi connectivity index (χ0v) is 18.6. The first-order valence-electron chi connectivity index (χ1n) is 10.8. The second-order valence-electron chi connectivity index (χ2n) is 7.58. The van der Waals surface area contributed by atoms with E-state index in [9.17, 15) is 4.79 Å². The highest BCUT2D eigenvalue weighted by atomic mass is 32.1. The summed E-state index contributed by atoms with van der Waals surface area (Å²) in [7, 11) is 0. The Labute approximate surface area is 181 Å². The summed E-state index contributed by atoms with van der Waals surface area (Å²) in [6, 6.07) is 10.1. The van der Waals surface area contributed by atoms with E-state index < -0.39 is 0 Å². The van der Waals surface area contributed by atoms with Crippen LogP contribution in [0.5, 0.6) is 0 Å². The highest BCUT2D eigenvalue weighted by Gasteiger charge is 2.19. The lowest BCUT2D eigenvalue weighted by Gasteiger charge is -2.25. The van der Waals surface area contributed by atoms with Gasteiger partial charge in [-0.3, -0.25) is 9.69 Å². The van der Waals surface area contributed by atoms with Gasteiger partial charge in [0.2, 0.25) is 10.9 Å². The van der Waals surface area contributed by atoms with Crippen LogP contribution in [0.25, 0.3) is 22.3 Å². The molecule has 6 nitrogen and oxygen atoms in total. The maximum atomic E-state index is 12.7. The molecule has 4 rings (SSSR count). The van der Waals surface area contributed by atoms with E-state index in [1.807, 2.05) is 45.8 Å². The zero-order valence-electron chi connectivity index (χ0n) is 17.8. The van der Waals surface area contributed by atoms with E-state index in [-0.39, 0.29) is 5.91 Å². The van der Waals surface area contributed by atoms with Crippen LogP contribution in [0.2, 0.25) is 0 Å². The van der Waals surface area contributed by atoms with Gasteiger partial charge in [0.1, 0.15) is 5.01 Å². The average molecular weight is 424 g/mol. The van der Waals surface area contributed by atoms with E-state index in [1.165, 1.54) is 6.42 Å². The highest BCUT2D eigenvalue weighted by molar-refractivity contribution is 7.16. The van der Waals surface area contributed by atoms with Gasteiger partial charge in [-0.25, -0.2) is 9.50 Å². The Morgan fingerprint density at radius 2 is 1.87 bits per heavy atom. The summed E-state index contributed by atoms with van der Waals surface area (Å²) in [6.45, 7) is 8.82. The van der Waals surface area contributed by atoms with Crippen LogP contribution in [0, 0.1) is 0 Å². The minimum Gasteiger partial charge on any atom is -0.339 e. The molecule has 0 N–H and O–H groups in total. The number of benzene rings is 1. The molecule has 158 valence electrons. The van der Waals surface area contributed by atoms with Gasteiger partial charge in [0, 0.05) is 24.7 Å². The van der Waals surface area contributed by atoms with Gasteiger partial charge in [0.05, 0.1) is 17.9 Å². The van der Waals surface area contributed by atoms with Crippen LogP contribution in [0.15, 0.2) is 36.4 Å². The number of hydrogen-bond donors (Lipinski definition) is 0. The Kier molecular flexibility index (Phi) is 6.59. The van der Waals surface area contributed by atoms with Gasteiger partial charge in [-0.1, -0.05) is 55.5 Å². The highest BCUT2D eigenvalue weighted by Crippen LogP contribution is 2.28. The molecular formula is C23H29N5OS. The molecule has 3 heterocycles. The Bertz CT molecular complexity index is 1010. The summed E-state index contributed by atoms with van der Waals surface area (Å²) in [6.07, 6.45) is 6.97. The van der Waals surface area contributed by atoms with Crippen molar-refractivity contribution in [1.29, 1.82) is 0 Å². The first kappa shape index (κ1) is 20.8. The summed E-state index contributed by atoms with van der Waals surface area (Å²) in [5.74, 6) is 0.0715. The van der Waals surface area contributed by atoms with E-state index in [0.29, 0.717) is 0 Å². The Morgan fingerprint density at radius 1 is 1.13 bits per heavy atom. The van der Waals surface area contributed by atoms with Crippen molar-refractivity contribution in [2.75, 3.05) is 26.2 Å². The van der Waals surface area contributed by atoms with E-state index >= 15 is 0 Å². The molecule has 7 heteroatoms. The van der Waals surface area contributed by atoms with Crippen molar-refractivity contribution in [2.24, 2.45) is 0 Å². The Morgan fingerprint density at radius 3 is 2.57 bits per heavy atom. The molecule has 1 aliphatic heterocycles. The first-order chi connectivity index (χ1) is 14.7. The van der Waals surface area contributed by atoms with E-state index in [0.717, 1.165) is 72.5 Å². The number of rotatable bonds is 7. The number of hydrogen-bond acceptors (Lipinski definition) is 5. The smallest absolute Gasteiger partial charge is 0.246 e. The van der Waals surface area contributed by atoms with Gasteiger partial charge in [-0.2, -0.15) is 5.10 Å². The van der Waals surface area contributed by atoms with Gasteiger partial charge in [-0.05, 0) is 38.4 Å². The Hall–Kier alpha value is -2.51. The second-order valence-corrected chi connectivity index (χ2v) is 8.62. The van der Waals surface area contributed by atoms with Crippen molar-refractivity contribution in [3.8, 4) is 11.3 Å². The molecule has 2 aromatic heterocycles. The molecule has 1 amide bonds. The number of aromatic nitrogens is 3. The van der Waals surface area contributed by atoms with E-state index in [1.54, 1.807) is 17.4 Å². The fourth-order valence-electron chi connectivity index (χ4n) is 3.83. The lowest BCUT2D eigenvalue weighted by molar-refractivity contribution is -0.126. The molecule has 0 saturated carbocycles. The number of nitrogens with zero attached hydrogens (tertiary/aromatic N) is 5. The summed E-state index contributed by atoms with van der Waals surface area (Å²) in [4.78, 5) is 22.7. The summed E-state index contributed by atoms with van der Waals surface area (Å²) in [5.41, 5.74) is 2.76. The third-order valence-electron chi connectivity index (χ3n) is 5.63. The van der Waals surface area contributed by atoms with Crippen LogP contribution in [-0.4, -0.2) is 56.5 Å². The van der Waals surface area contributed by atoms with Crippen molar-refractivity contribution >= 4 is 28.3 Å². The van der Waals surface area contributed by atoms with Gasteiger partial charge >= 0.3 is 0 Å². The SMILES string of the molecule is CCN(CC)Cc1nn2c(/C=C/C(=O)N3CCCCC3)c(-c3ccccc3)nc2s1. The molecule has 30 heavy (non-hydrogen) atoms. The first-order valence-corrected chi connectivity index (χ1v) is 11.6. The summed E-state index contributed by atoms with van der Waals surface area (Å²) >= 11 is 1.62. The molecule has 3 aromatic rings. The average Bonchev–Trinajstić information content (AvgIpc) is 3.34. The molecular weight excluding hydrogens is 394 g/mol. The molecule has 0 atom stereocenters. The minimum absolute atomic E-state index is 0.0715. The molecule has 0 bridgehead atoms.